The van der Waals surface area contributed by atoms with Gasteiger partial charge in [-0.2, -0.15) is 0 Å². The molecule has 0 bridgehead atoms. The molecule has 1 heterocycles. The van der Waals surface area contributed by atoms with Crippen LogP contribution in [0.2, 0.25) is 0 Å². The molecule has 1 aromatic heterocycles. The topological polar surface area (TPSA) is 54.7 Å². The smallest absolute Gasteiger partial charge is 0.224 e. The summed E-state index contributed by atoms with van der Waals surface area (Å²) in [6.45, 7) is 8.39. The van der Waals surface area contributed by atoms with Crippen molar-refractivity contribution in [2.24, 2.45) is 5.92 Å². The number of amides is 1. The highest BCUT2D eigenvalue weighted by Gasteiger charge is 2.45. The van der Waals surface area contributed by atoms with Gasteiger partial charge in [-0.25, -0.2) is 0 Å². The van der Waals surface area contributed by atoms with E-state index in [0.717, 1.165) is 43.1 Å². The molecule has 140 valence electrons. The highest BCUT2D eigenvalue weighted by Crippen LogP contribution is 2.47. The van der Waals surface area contributed by atoms with Crippen LogP contribution < -0.4 is 10.1 Å². The van der Waals surface area contributed by atoms with Crippen molar-refractivity contribution < 1.29 is 13.9 Å². The van der Waals surface area contributed by atoms with Crippen molar-refractivity contribution in [2.75, 3.05) is 26.2 Å². The molecule has 5 nitrogen and oxygen atoms in total. The SMILES string of the molecule is CCN(CC)CCOc1ccccc1CNC(=O)C1CC1c1ccco1. The van der Waals surface area contributed by atoms with Crippen LogP contribution in [0.15, 0.2) is 47.1 Å². The number of likely N-dealkylation sites (N-methyl/N-ethyl adjacent to an activating group) is 1. The molecule has 2 atom stereocenters. The third kappa shape index (κ3) is 4.67. The van der Waals surface area contributed by atoms with E-state index in [1.54, 1.807) is 6.26 Å². The number of ether oxygens (including phenoxy) is 1. The molecule has 1 aliphatic rings. The maximum Gasteiger partial charge on any atom is 0.224 e. The number of hydrogen-bond acceptors (Lipinski definition) is 4. The van der Waals surface area contributed by atoms with E-state index in [1.165, 1.54) is 0 Å². The average Bonchev–Trinajstić information content (AvgIpc) is 3.29. The van der Waals surface area contributed by atoms with Gasteiger partial charge in [-0.05, 0) is 37.7 Å². The minimum absolute atomic E-state index is 0.0249. The third-order valence-electron chi connectivity index (χ3n) is 5.02. The number of rotatable bonds is 10. The van der Waals surface area contributed by atoms with E-state index in [2.05, 4.69) is 24.1 Å². The molecule has 0 spiro atoms. The number of para-hydroxylation sites is 1. The molecule has 26 heavy (non-hydrogen) atoms. The first-order valence-corrected chi connectivity index (χ1v) is 9.47. The molecule has 1 aliphatic carbocycles. The lowest BCUT2D eigenvalue weighted by atomic mass is 10.2. The van der Waals surface area contributed by atoms with Gasteiger partial charge in [0.1, 0.15) is 18.1 Å². The van der Waals surface area contributed by atoms with E-state index in [4.69, 9.17) is 9.15 Å². The summed E-state index contributed by atoms with van der Waals surface area (Å²) in [5.74, 6) is 2.09. The van der Waals surface area contributed by atoms with Gasteiger partial charge >= 0.3 is 0 Å². The predicted octanol–water partition coefficient (Wildman–Crippen LogP) is 3.42. The molecule has 1 fully saturated rings. The zero-order valence-corrected chi connectivity index (χ0v) is 15.6. The van der Waals surface area contributed by atoms with Crippen LogP contribution in [0.3, 0.4) is 0 Å². The highest BCUT2D eigenvalue weighted by atomic mass is 16.5. The molecular formula is C21H28N2O3. The van der Waals surface area contributed by atoms with Gasteiger partial charge in [0, 0.05) is 30.5 Å². The van der Waals surface area contributed by atoms with Gasteiger partial charge in [-0.15, -0.1) is 0 Å². The second-order valence-corrected chi connectivity index (χ2v) is 6.66. The second-order valence-electron chi connectivity index (χ2n) is 6.66. The first-order chi connectivity index (χ1) is 12.7. The Bertz CT molecular complexity index is 695. The van der Waals surface area contributed by atoms with Gasteiger partial charge in [-0.3, -0.25) is 4.79 Å². The van der Waals surface area contributed by atoms with E-state index in [0.29, 0.717) is 13.2 Å². The number of nitrogens with zero attached hydrogens (tertiary/aromatic N) is 1. The third-order valence-corrected chi connectivity index (χ3v) is 5.02. The van der Waals surface area contributed by atoms with Crippen molar-refractivity contribution in [1.29, 1.82) is 0 Å². The van der Waals surface area contributed by atoms with Gasteiger partial charge < -0.3 is 19.4 Å². The van der Waals surface area contributed by atoms with Crippen LogP contribution in [0.25, 0.3) is 0 Å². The molecule has 0 aliphatic heterocycles. The van der Waals surface area contributed by atoms with E-state index in [-0.39, 0.29) is 17.7 Å². The van der Waals surface area contributed by atoms with Crippen LogP contribution in [0.1, 0.15) is 37.5 Å². The molecule has 3 rings (SSSR count). The molecule has 1 aromatic carbocycles. The Labute approximate surface area is 155 Å². The lowest BCUT2D eigenvalue weighted by molar-refractivity contribution is -0.122. The number of furan rings is 1. The minimum Gasteiger partial charge on any atom is -0.492 e. The van der Waals surface area contributed by atoms with Crippen molar-refractivity contribution in [3.63, 3.8) is 0 Å². The van der Waals surface area contributed by atoms with Crippen molar-refractivity contribution >= 4 is 5.91 Å². The Morgan fingerprint density at radius 2 is 2.04 bits per heavy atom. The van der Waals surface area contributed by atoms with Crippen molar-refractivity contribution in [2.45, 2.75) is 32.7 Å². The Balaban J connectivity index is 1.48. The fourth-order valence-corrected chi connectivity index (χ4v) is 3.23. The molecule has 5 heteroatoms. The van der Waals surface area contributed by atoms with Crippen LogP contribution in [0.5, 0.6) is 5.75 Å². The molecule has 1 N–H and O–H groups in total. The summed E-state index contributed by atoms with van der Waals surface area (Å²) < 4.78 is 11.3. The Morgan fingerprint density at radius 1 is 1.23 bits per heavy atom. The van der Waals surface area contributed by atoms with Crippen LogP contribution in [0.4, 0.5) is 0 Å². The first-order valence-electron chi connectivity index (χ1n) is 9.47. The van der Waals surface area contributed by atoms with Crippen LogP contribution >= 0.6 is 0 Å². The van der Waals surface area contributed by atoms with E-state index in [1.807, 2.05) is 36.4 Å². The summed E-state index contributed by atoms with van der Waals surface area (Å²) in [5, 5.41) is 3.04. The summed E-state index contributed by atoms with van der Waals surface area (Å²) in [4.78, 5) is 14.7. The van der Waals surface area contributed by atoms with E-state index < -0.39 is 0 Å². The van der Waals surface area contributed by atoms with Crippen LogP contribution in [0, 0.1) is 5.92 Å². The zero-order valence-electron chi connectivity index (χ0n) is 15.6. The van der Waals surface area contributed by atoms with E-state index >= 15 is 0 Å². The lowest BCUT2D eigenvalue weighted by Gasteiger charge is -2.19. The molecule has 1 amide bonds. The number of carbonyl (C=O) groups excluding carboxylic acids is 1. The Morgan fingerprint density at radius 3 is 2.77 bits per heavy atom. The molecular weight excluding hydrogens is 328 g/mol. The predicted molar refractivity (Wildman–Crippen MR) is 101 cm³/mol. The Hall–Kier alpha value is -2.27. The fraction of sp³-hybridized carbons (Fsp3) is 0.476. The van der Waals surface area contributed by atoms with Crippen molar-refractivity contribution in [1.82, 2.24) is 10.2 Å². The Kier molecular flexibility index (Phi) is 6.34. The zero-order chi connectivity index (χ0) is 18.4. The molecule has 2 aromatic rings. The number of hydrogen-bond donors (Lipinski definition) is 1. The van der Waals surface area contributed by atoms with Gasteiger partial charge in [0.2, 0.25) is 5.91 Å². The number of nitrogens with one attached hydrogen (secondary N) is 1. The average molecular weight is 356 g/mol. The summed E-state index contributed by atoms with van der Waals surface area (Å²) in [6, 6.07) is 11.7. The molecule has 0 saturated heterocycles. The quantitative estimate of drug-likeness (QED) is 0.709. The monoisotopic (exact) mass is 356 g/mol. The lowest BCUT2D eigenvalue weighted by Crippen LogP contribution is -2.28. The molecule has 0 radical (unpaired) electrons. The fourth-order valence-electron chi connectivity index (χ4n) is 3.23. The minimum atomic E-state index is 0.0249. The molecule has 2 unspecified atom stereocenters. The number of carbonyl (C=O) groups is 1. The summed E-state index contributed by atoms with van der Waals surface area (Å²) >= 11 is 0. The van der Waals surface area contributed by atoms with E-state index in [9.17, 15) is 4.79 Å². The second kappa shape index (κ2) is 8.90. The molecule has 1 saturated carbocycles. The van der Waals surface area contributed by atoms with Crippen molar-refractivity contribution in [3.05, 3.63) is 54.0 Å². The summed E-state index contributed by atoms with van der Waals surface area (Å²) in [7, 11) is 0. The van der Waals surface area contributed by atoms with Gasteiger partial charge in [0.25, 0.3) is 0 Å². The summed E-state index contributed by atoms with van der Waals surface area (Å²) in [5.41, 5.74) is 1.01. The maximum absolute atomic E-state index is 12.4. The van der Waals surface area contributed by atoms with Gasteiger partial charge in [-0.1, -0.05) is 32.0 Å². The maximum atomic E-state index is 12.4. The highest BCUT2D eigenvalue weighted by molar-refractivity contribution is 5.82. The first kappa shape index (κ1) is 18.5. The normalized spacial score (nSPS) is 18.7. The van der Waals surface area contributed by atoms with Crippen molar-refractivity contribution in [3.8, 4) is 5.75 Å². The standard InChI is InChI=1S/C21H28N2O3/c1-3-23(4-2)11-13-26-19-9-6-5-8-16(19)15-22-21(24)18-14-17(18)20-10-7-12-25-20/h5-10,12,17-18H,3-4,11,13-15H2,1-2H3,(H,22,24). The van der Waals surface area contributed by atoms with Gasteiger partial charge in [0.05, 0.1) is 6.26 Å². The largest absolute Gasteiger partial charge is 0.492 e. The number of benzene rings is 1. The van der Waals surface area contributed by atoms with Crippen LogP contribution in [-0.4, -0.2) is 37.0 Å². The summed E-state index contributed by atoms with van der Waals surface area (Å²) in [6.07, 6.45) is 2.52. The van der Waals surface area contributed by atoms with Crippen LogP contribution in [-0.2, 0) is 11.3 Å². The van der Waals surface area contributed by atoms with Gasteiger partial charge in [0.15, 0.2) is 0 Å².